The molecule has 0 unspecified atom stereocenters. The molecular formula is C13H16N4OS. The van der Waals surface area contributed by atoms with Gasteiger partial charge in [0.05, 0.1) is 17.9 Å². The number of hydrogen-bond donors (Lipinski definition) is 0. The summed E-state index contributed by atoms with van der Waals surface area (Å²) in [5.74, 6) is 0.483. The molecule has 0 saturated carbocycles. The van der Waals surface area contributed by atoms with Crippen LogP contribution in [0.4, 0.5) is 5.13 Å². The second-order valence-electron chi connectivity index (χ2n) is 5.04. The van der Waals surface area contributed by atoms with E-state index in [0.29, 0.717) is 12.5 Å². The van der Waals surface area contributed by atoms with Crippen LogP contribution in [0.3, 0.4) is 0 Å². The normalized spacial score (nSPS) is 15.6. The lowest BCUT2D eigenvalue weighted by molar-refractivity contribution is 0.333. The van der Waals surface area contributed by atoms with Crippen LogP contribution in [0.15, 0.2) is 22.3 Å². The maximum Gasteiger partial charge on any atom is 0.266 e. The first-order valence-electron chi connectivity index (χ1n) is 6.33. The standard InChI is InChI=1S/C13H16N4OS/c1-9-3-4-12(18)17(15-9)7-11-5-16(6-11)13-14-10(2)8-19-13/h3-4,8,11H,5-7H2,1-2H3. The van der Waals surface area contributed by atoms with Crippen LogP contribution in [0.25, 0.3) is 0 Å². The molecule has 19 heavy (non-hydrogen) atoms. The second kappa shape index (κ2) is 4.77. The third-order valence-electron chi connectivity index (χ3n) is 3.27. The molecule has 1 saturated heterocycles. The van der Waals surface area contributed by atoms with Crippen molar-refractivity contribution in [3.8, 4) is 0 Å². The molecular weight excluding hydrogens is 260 g/mol. The SMILES string of the molecule is Cc1csc(N2CC(Cn3nc(C)ccc3=O)C2)n1. The first-order chi connectivity index (χ1) is 9.11. The van der Waals surface area contributed by atoms with E-state index in [2.05, 4.69) is 20.4 Å². The summed E-state index contributed by atoms with van der Waals surface area (Å²) < 4.78 is 1.57. The molecule has 3 heterocycles. The molecule has 0 spiro atoms. The molecule has 0 amide bonds. The smallest absolute Gasteiger partial charge is 0.266 e. The average Bonchev–Trinajstić information content (AvgIpc) is 2.73. The van der Waals surface area contributed by atoms with E-state index >= 15 is 0 Å². The van der Waals surface area contributed by atoms with Gasteiger partial charge < -0.3 is 4.90 Å². The molecule has 3 rings (SSSR count). The lowest BCUT2D eigenvalue weighted by atomic mass is 10.0. The highest BCUT2D eigenvalue weighted by atomic mass is 32.1. The first-order valence-corrected chi connectivity index (χ1v) is 7.21. The van der Waals surface area contributed by atoms with Gasteiger partial charge in [-0.3, -0.25) is 4.79 Å². The molecule has 2 aromatic heterocycles. The molecule has 0 N–H and O–H groups in total. The van der Waals surface area contributed by atoms with Crippen LogP contribution >= 0.6 is 11.3 Å². The zero-order chi connectivity index (χ0) is 13.4. The van der Waals surface area contributed by atoms with Crippen molar-refractivity contribution in [1.29, 1.82) is 0 Å². The van der Waals surface area contributed by atoms with Crippen LogP contribution in [0.5, 0.6) is 0 Å². The number of aryl methyl sites for hydroxylation is 2. The Labute approximate surface area is 115 Å². The average molecular weight is 276 g/mol. The Kier molecular flexibility index (Phi) is 3.10. The molecule has 100 valence electrons. The molecule has 1 aliphatic rings. The Balaban J connectivity index is 1.62. The van der Waals surface area contributed by atoms with E-state index in [1.807, 2.05) is 13.8 Å². The zero-order valence-corrected chi connectivity index (χ0v) is 11.9. The number of anilines is 1. The number of nitrogens with zero attached hydrogens (tertiary/aromatic N) is 4. The summed E-state index contributed by atoms with van der Waals surface area (Å²) in [5.41, 5.74) is 1.93. The Morgan fingerprint density at radius 2 is 2.11 bits per heavy atom. The van der Waals surface area contributed by atoms with Gasteiger partial charge in [0, 0.05) is 30.5 Å². The number of hydrogen-bond acceptors (Lipinski definition) is 5. The molecule has 1 aliphatic heterocycles. The van der Waals surface area contributed by atoms with Crippen LogP contribution in [0, 0.1) is 19.8 Å². The van der Waals surface area contributed by atoms with Crippen LogP contribution < -0.4 is 10.5 Å². The molecule has 6 heteroatoms. The fourth-order valence-corrected chi connectivity index (χ4v) is 3.08. The van der Waals surface area contributed by atoms with Crippen molar-refractivity contribution in [3.63, 3.8) is 0 Å². The van der Waals surface area contributed by atoms with Gasteiger partial charge in [-0.1, -0.05) is 0 Å². The summed E-state index contributed by atoms with van der Waals surface area (Å²) in [6, 6.07) is 3.34. The molecule has 5 nitrogen and oxygen atoms in total. The van der Waals surface area contributed by atoms with Gasteiger partial charge in [0.2, 0.25) is 0 Å². The van der Waals surface area contributed by atoms with Crippen molar-refractivity contribution in [1.82, 2.24) is 14.8 Å². The number of thiazole rings is 1. The van der Waals surface area contributed by atoms with Crippen molar-refractivity contribution in [2.24, 2.45) is 5.92 Å². The van der Waals surface area contributed by atoms with Crippen molar-refractivity contribution < 1.29 is 0 Å². The van der Waals surface area contributed by atoms with E-state index in [-0.39, 0.29) is 5.56 Å². The van der Waals surface area contributed by atoms with Gasteiger partial charge >= 0.3 is 0 Å². The summed E-state index contributed by atoms with van der Waals surface area (Å²) in [6.07, 6.45) is 0. The van der Waals surface area contributed by atoms with Gasteiger partial charge in [-0.15, -0.1) is 11.3 Å². The molecule has 0 atom stereocenters. The minimum atomic E-state index is -0.0193. The fraction of sp³-hybridized carbons (Fsp3) is 0.462. The second-order valence-corrected chi connectivity index (χ2v) is 5.87. The Morgan fingerprint density at radius 1 is 1.32 bits per heavy atom. The van der Waals surface area contributed by atoms with Gasteiger partial charge in [0.15, 0.2) is 5.13 Å². The maximum absolute atomic E-state index is 11.7. The van der Waals surface area contributed by atoms with Crippen molar-refractivity contribution in [2.75, 3.05) is 18.0 Å². The zero-order valence-electron chi connectivity index (χ0n) is 11.0. The van der Waals surface area contributed by atoms with Crippen molar-refractivity contribution in [3.05, 3.63) is 39.3 Å². The van der Waals surface area contributed by atoms with E-state index < -0.39 is 0 Å². The van der Waals surface area contributed by atoms with Crippen LogP contribution in [-0.4, -0.2) is 27.9 Å². The van der Waals surface area contributed by atoms with Gasteiger partial charge in [0.25, 0.3) is 5.56 Å². The van der Waals surface area contributed by atoms with Crippen LogP contribution in [-0.2, 0) is 6.54 Å². The Hall–Kier alpha value is -1.69. The fourth-order valence-electron chi connectivity index (χ4n) is 2.25. The Morgan fingerprint density at radius 3 is 2.79 bits per heavy atom. The summed E-state index contributed by atoms with van der Waals surface area (Å²) in [4.78, 5) is 18.4. The molecule has 0 bridgehead atoms. The van der Waals surface area contributed by atoms with E-state index in [4.69, 9.17) is 0 Å². The van der Waals surface area contributed by atoms with Gasteiger partial charge in [0.1, 0.15) is 0 Å². The molecule has 0 aliphatic carbocycles. The van der Waals surface area contributed by atoms with E-state index in [9.17, 15) is 4.79 Å². The lowest BCUT2D eigenvalue weighted by Gasteiger charge is -2.39. The van der Waals surface area contributed by atoms with Crippen LogP contribution in [0.1, 0.15) is 11.4 Å². The van der Waals surface area contributed by atoms with E-state index in [1.165, 1.54) is 0 Å². The van der Waals surface area contributed by atoms with Gasteiger partial charge in [-0.05, 0) is 19.9 Å². The highest BCUT2D eigenvalue weighted by Gasteiger charge is 2.29. The largest absolute Gasteiger partial charge is 0.347 e. The quantitative estimate of drug-likeness (QED) is 0.851. The van der Waals surface area contributed by atoms with E-state index in [0.717, 1.165) is 29.6 Å². The maximum atomic E-state index is 11.7. The third-order valence-corrected chi connectivity index (χ3v) is 4.28. The predicted octanol–water partition coefficient (Wildman–Crippen LogP) is 1.45. The molecule has 0 radical (unpaired) electrons. The van der Waals surface area contributed by atoms with Gasteiger partial charge in [-0.25, -0.2) is 9.67 Å². The third kappa shape index (κ3) is 2.53. The first kappa shape index (κ1) is 12.3. The highest BCUT2D eigenvalue weighted by Crippen LogP contribution is 2.28. The van der Waals surface area contributed by atoms with Crippen molar-refractivity contribution >= 4 is 16.5 Å². The lowest BCUT2D eigenvalue weighted by Crippen LogP contribution is -2.49. The summed E-state index contributed by atoms with van der Waals surface area (Å²) in [7, 11) is 0. The van der Waals surface area contributed by atoms with Crippen LogP contribution in [0.2, 0.25) is 0 Å². The highest BCUT2D eigenvalue weighted by molar-refractivity contribution is 7.13. The summed E-state index contributed by atoms with van der Waals surface area (Å²) >= 11 is 1.68. The predicted molar refractivity (Wildman–Crippen MR) is 75.8 cm³/mol. The Bertz CT molecular complexity index is 642. The molecule has 2 aromatic rings. The van der Waals surface area contributed by atoms with E-state index in [1.54, 1.807) is 28.2 Å². The van der Waals surface area contributed by atoms with Crippen molar-refractivity contribution in [2.45, 2.75) is 20.4 Å². The minimum Gasteiger partial charge on any atom is -0.347 e. The molecule has 1 fully saturated rings. The molecule has 0 aromatic carbocycles. The summed E-state index contributed by atoms with van der Waals surface area (Å²) in [6.45, 7) is 6.51. The number of rotatable bonds is 3. The monoisotopic (exact) mass is 276 g/mol. The number of aromatic nitrogens is 3. The van der Waals surface area contributed by atoms with Gasteiger partial charge in [-0.2, -0.15) is 5.10 Å². The topological polar surface area (TPSA) is 51.0 Å². The minimum absolute atomic E-state index is 0.0193. The summed E-state index contributed by atoms with van der Waals surface area (Å²) in [5, 5.41) is 7.42.